The summed E-state index contributed by atoms with van der Waals surface area (Å²) in [7, 11) is 1.22. The van der Waals surface area contributed by atoms with Crippen LogP contribution in [0.3, 0.4) is 0 Å². The molecule has 4 heterocycles. The Morgan fingerprint density at radius 1 is 1.13 bits per heavy atom. The second kappa shape index (κ2) is 11.9. The van der Waals surface area contributed by atoms with E-state index in [1.165, 1.54) is 18.1 Å². The zero-order valence-electron chi connectivity index (χ0n) is 22.0. The summed E-state index contributed by atoms with van der Waals surface area (Å²) in [5.74, 6) is -0.448. The lowest BCUT2D eigenvalue weighted by Crippen LogP contribution is -2.55. The van der Waals surface area contributed by atoms with Crippen molar-refractivity contribution in [3.05, 3.63) is 59.5 Å². The Bertz CT molecular complexity index is 1320. The number of amides is 1. The molecule has 208 valence electrons. The van der Waals surface area contributed by atoms with E-state index in [-0.39, 0.29) is 31.6 Å². The molecule has 0 aliphatic carbocycles. The molecule has 3 aromatic rings. The van der Waals surface area contributed by atoms with E-state index in [1.54, 1.807) is 12.3 Å². The third-order valence-corrected chi connectivity index (χ3v) is 6.60. The van der Waals surface area contributed by atoms with Gasteiger partial charge in [-0.2, -0.15) is 13.2 Å². The van der Waals surface area contributed by atoms with Crippen LogP contribution >= 0.6 is 0 Å². The number of methoxy groups -OCH3 is 1. The molecule has 1 atom stereocenters. The SMILES string of the molecule is CCOc1ncccc1-c1ccc(N2CCN(C(=O)c3ccc(OC)nc3C(F)(F)F)C[C@H]2CC)c(CN)n1. The summed E-state index contributed by atoms with van der Waals surface area (Å²) in [4.78, 5) is 29.4. The minimum absolute atomic E-state index is 0.154. The van der Waals surface area contributed by atoms with Crippen molar-refractivity contribution in [1.29, 1.82) is 0 Å². The van der Waals surface area contributed by atoms with Gasteiger partial charge in [0.05, 0.1) is 41.9 Å². The van der Waals surface area contributed by atoms with Gasteiger partial charge in [-0.05, 0) is 43.7 Å². The molecule has 1 fully saturated rings. The molecule has 39 heavy (non-hydrogen) atoms. The molecule has 9 nitrogen and oxygen atoms in total. The number of piperazine rings is 1. The maximum Gasteiger partial charge on any atom is 0.434 e. The third kappa shape index (κ3) is 5.90. The minimum atomic E-state index is -4.80. The Labute approximate surface area is 224 Å². The standard InChI is InChI=1S/C27H31F3N6O3/c1-4-17-16-35(26(37)19-8-11-23(38-3)34-24(19)27(28,29)30)13-14-36(17)22-10-9-20(33-21(22)15-31)18-7-6-12-32-25(18)39-5-2/h6-12,17H,4-5,13-16,31H2,1-3H3/t17-/m1/s1. The van der Waals surface area contributed by atoms with Gasteiger partial charge in [0.2, 0.25) is 11.8 Å². The molecular weight excluding hydrogens is 513 g/mol. The molecule has 0 unspecified atom stereocenters. The van der Waals surface area contributed by atoms with Crippen molar-refractivity contribution in [1.82, 2.24) is 19.9 Å². The van der Waals surface area contributed by atoms with Crippen molar-refractivity contribution in [2.24, 2.45) is 5.73 Å². The first kappa shape index (κ1) is 28.1. The predicted molar refractivity (Wildman–Crippen MR) is 140 cm³/mol. The van der Waals surface area contributed by atoms with Gasteiger partial charge in [-0.15, -0.1) is 0 Å². The molecule has 2 N–H and O–H groups in total. The van der Waals surface area contributed by atoms with Crippen LogP contribution in [-0.4, -0.2) is 65.2 Å². The highest BCUT2D eigenvalue weighted by molar-refractivity contribution is 5.95. The highest BCUT2D eigenvalue weighted by Crippen LogP contribution is 2.34. The summed E-state index contributed by atoms with van der Waals surface area (Å²) in [6.07, 6.45) is -2.50. The topological polar surface area (TPSA) is 107 Å². The molecule has 1 amide bonds. The molecule has 0 spiro atoms. The molecule has 1 aliphatic heterocycles. The zero-order chi connectivity index (χ0) is 28.2. The van der Waals surface area contributed by atoms with E-state index in [0.717, 1.165) is 17.3 Å². The molecule has 0 aromatic carbocycles. The fourth-order valence-electron chi connectivity index (χ4n) is 4.71. The predicted octanol–water partition coefficient (Wildman–Crippen LogP) is 4.16. The lowest BCUT2D eigenvalue weighted by Gasteiger charge is -2.43. The van der Waals surface area contributed by atoms with Crippen LogP contribution in [0.4, 0.5) is 18.9 Å². The van der Waals surface area contributed by atoms with Crippen LogP contribution in [0.5, 0.6) is 11.8 Å². The van der Waals surface area contributed by atoms with Crippen LogP contribution in [0.2, 0.25) is 0 Å². The smallest absolute Gasteiger partial charge is 0.434 e. The summed E-state index contributed by atoms with van der Waals surface area (Å²) in [5, 5.41) is 0. The summed E-state index contributed by atoms with van der Waals surface area (Å²) in [6, 6.07) is 9.72. The molecule has 1 aliphatic rings. The summed E-state index contributed by atoms with van der Waals surface area (Å²) >= 11 is 0. The quantitative estimate of drug-likeness (QED) is 0.451. The Balaban J connectivity index is 1.60. The first-order valence-electron chi connectivity index (χ1n) is 12.7. The Morgan fingerprint density at radius 2 is 1.92 bits per heavy atom. The normalized spacial score (nSPS) is 15.8. The maximum atomic E-state index is 13.7. The number of aromatic nitrogens is 3. The monoisotopic (exact) mass is 544 g/mol. The van der Waals surface area contributed by atoms with E-state index >= 15 is 0 Å². The van der Waals surface area contributed by atoms with Gasteiger partial charge in [-0.3, -0.25) is 4.79 Å². The molecular formula is C27H31F3N6O3. The van der Waals surface area contributed by atoms with Crippen LogP contribution in [0, 0.1) is 0 Å². The number of rotatable bonds is 8. The second-order valence-corrected chi connectivity index (χ2v) is 8.91. The number of carbonyl (C=O) groups is 1. The van der Waals surface area contributed by atoms with Crippen molar-refractivity contribution in [2.45, 2.75) is 39.0 Å². The molecule has 1 saturated heterocycles. The molecule has 0 bridgehead atoms. The minimum Gasteiger partial charge on any atom is -0.481 e. The van der Waals surface area contributed by atoms with E-state index in [2.05, 4.69) is 14.9 Å². The number of nitrogens with zero attached hydrogens (tertiary/aromatic N) is 5. The van der Waals surface area contributed by atoms with Gasteiger partial charge in [0.25, 0.3) is 5.91 Å². The number of anilines is 1. The maximum absolute atomic E-state index is 13.7. The number of carbonyl (C=O) groups excluding carboxylic acids is 1. The zero-order valence-corrected chi connectivity index (χ0v) is 22.0. The Hall–Kier alpha value is -3.93. The van der Waals surface area contributed by atoms with Gasteiger partial charge in [-0.1, -0.05) is 6.92 Å². The Morgan fingerprint density at radius 3 is 2.59 bits per heavy atom. The van der Waals surface area contributed by atoms with Crippen molar-refractivity contribution >= 4 is 11.6 Å². The fraction of sp³-hybridized carbons (Fsp3) is 0.407. The third-order valence-electron chi connectivity index (χ3n) is 6.60. The Kier molecular flexibility index (Phi) is 8.54. The molecule has 0 saturated carbocycles. The summed E-state index contributed by atoms with van der Waals surface area (Å²) in [5.41, 5.74) is 7.25. The average Bonchev–Trinajstić information content (AvgIpc) is 2.95. The number of halogens is 3. The summed E-state index contributed by atoms with van der Waals surface area (Å²) < 4.78 is 51.6. The van der Waals surface area contributed by atoms with Gasteiger partial charge < -0.3 is 25.0 Å². The van der Waals surface area contributed by atoms with Crippen molar-refractivity contribution < 1.29 is 27.4 Å². The number of ether oxygens (including phenoxy) is 2. The van der Waals surface area contributed by atoms with Gasteiger partial charge in [0, 0.05) is 44.5 Å². The van der Waals surface area contributed by atoms with E-state index < -0.39 is 23.3 Å². The van der Waals surface area contributed by atoms with Gasteiger partial charge in [-0.25, -0.2) is 15.0 Å². The number of hydrogen-bond acceptors (Lipinski definition) is 8. The van der Waals surface area contributed by atoms with Gasteiger partial charge in [0.1, 0.15) is 0 Å². The highest BCUT2D eigenvalue weighted by Gasteiger charge is 2.40. The van der Waals surface area contributed by atoms with Gasteiger partial charge >= 0.3 is 6.18 Å². The van der Waals surface area contributed by atoms with E-state index in [1.807, 2.05) is 32.0 Å². The van der Waals surface area contributed by atoms with Crippen molar-refractivity contribution in [3.8, 4) is 23.0 Å². The van der Waals surface area contributed by atoms with Crippen LogP contribution in [0.25, 0.3) is 11.3 Å². The molecule has 4 rings (SSSR count). The van der Waals surface area contributed by atoms with E-state index in [4.69, 9.17) is 20.2 Å². The van der Waals surface area contributed by atoms with E-state index in [0.29, 0.717) is 36.8 Å². The number of nitrogens with two attached hydrogens (primary N) is 1. The molecule has 0 radical (unpaired) electrons. The number of hydrogen-bond donors (Lipinski definition) is 1. The first-order valence-corrected chi connectivity index (χ1v) is 12.7. The lowest BCUT2D eigenvalue weighted by atomic mass is 10.0. The van der Waals surface area contributed by atoms with Crippen LogP contribution in [0.15, 0.2) is 42.6 Å². The van der Waals surface area contributed by atoms with Gasteiger partial charge in [0.15, 0.2) is 5.69 Å². The average molecular weight is 545 g/mol. The molecule has 3 aromatic heterocycles. The van der Waals surface area contributed by atoms with E-state index in [9.17, 15) is 18.0 Å². The summed E-state index contributed by atoms with van der Waals surface area (Å²) in [6.45, 7) is 5.35. The highest BCUT2D eigenvalue weighted by atomic mass is 19.4. The van der Waals surface area contributed by atoms with Crippen LogP contribution in [-0.2, 0) is 12.7 Å². The first-order chi connectivity index (χ1) is 18.7. The number of alkyl halides is 3. The van der Waals surface area contributed by atoms with Crippen molar-refractivity contribution in [3.63, 3.8) is 0 Å². The second-order valence-electron chi connectivity index (χ2n) is 8.91. The lowest BCUT2D eigenvalue weighted by molar-refractivity contribution is -0.141. The molecule has 12 heteroatoms. The van der Waals surface area contributed by atoms with Crippen LogP contribution < -0.4 is 20.1 Å². The van der Waals surface area contributed by atoms with Crippen LogP contribution in [0.1, 0.15) is 42.0 Å². The fourth-order valence-corrected chi connectivity index (χ4v) is 4.71. The largest absolute Gasteiger partial charge is 0.481 e. The van der Waals surface area contributed by atoms with Crippen molar-refractivity contribution in [2.75, 3.05) is 38.3 Å². The number of pyridine rings is 3.